The summed E-state index contributed by atoms with van der Waals surface area (Å²) in [5, 5.41) is 3.53. The van der Waals surface area contributed by atoms with Crippen molar-refractivity contribution in [3.63, 3.8) is 0 Å². The zero-order valence-electron chi connectivity index (χ0n) is 12.6. The molecule has 2 nitrogen and oxygen atoms in total. The second-order valence-electron chi connectivity index (χ2n) is 5.19. The molecule has 2 atom stereocenters. The number of hydrogen-bond donors (Lipinski definition) is 1. The lowest BCUT2D eigenvalue weighted by molar-refractivity contribution is 0.0835. The molecule has 18 heavy (non-hydrogen) atoms. The van der Waals surface area contributed by atoms with Gasteiger partial charge < -0.3 is 10.1 Å². The van der Waals surface area contributed by atoms with E-state index < -0.39 is 0 Å². The first-order valence-corrected chi connectivity index (χ1v) is 6.82. The first kappa shape index (κ1) is 15.2. The van der Waals surface area contributed by atoms with Gasteiger partial charge in [-0.15, -0.1) is 0 Å². The van der Waals surface area contributed by atoms with Gasteiger partial charge in [0.1, 0.15) is 0 Å². The van der Waals surface area contributed by atoms with E-state index in [0.29, 0.717) is 6.04 Å². The predicted molar refractivity (Wildman–Crippen MR) is 78.3 cm³/mol. The molecule has 0 bridgehead atoms. The van der Waals surface area contributed by atoms with Gasteiger partial charge in [0.25, 0.3) is 0 Å². The Labute approximate surface area is 112 Å². The van der Waals surface area contributed by atoms with Crippen LogP contribution in [-0.2, 0) is 11.2 Å². The number of rotatable bonds is 6. The molecule has 0 aliphatic rings. The van der Waals surface area contributed by atoms with Crippen LogP contribution in [0.2, 0.25) is 0 Å². The van der Waals surface area contributed by atoms with Crippen molar-refractivity contribution in [3.8, 4) is 0 Å². The lowest BCUT2D eigenvalue weighted by Gasteiger charge is -2.25. The van der Waals surface area contributed by atoms with E-state index in [0.717, 1.165) is 13.0 Å². The maximum absolute atomic E-state index is 5.48. The minimum Gasteiger partial charge on any atom is -0.380 e. The van der Waals surface area contributed by atoms with E-state index in [-0.39, 0.29) is 6.10 Å². The number of likely N-dealkylation sites (N-methyl/N-ethyl adjacent to an activating group) is 1. The van der Waals surface area contributed by atoms with Crippen molar-refractivity contribution in [2.24, 2.45) is 0 Å². The number of hydrogen-bond acceptors (Lipinski definition) is 2. The van der Waals surface area contributed by atoms with Gasteiger partial charge in [-0.25, -0.2) is 0 Å². The summed E-state index contributed by atoms with van der Waals surface area (Å²) in [6.45, 7) is 11.8. The van der Waals surface area contributed by atoms with Gasteiger partial charge in [0.15, 0.2) is 0 Å². The highest BCUT2D eigenvalue weighted by molar-refractivity contribution is 5.38. The zero-order chi connectivity index (χ0) is 13.7. The summed E-state index contributed by atoms with van der Waals surface area (Å²) in [6.07, 6.45) is 1.26. The molecule has 0 aliphatic carbocycles. The average molecular weight is 249 g/mol. The van der Waals surface area contributed by atoms with Crippen LogP contribution in [0, 0.1) is 20.8 Å². The Kier molecular flexibility index (Phi) is 5.83. The van der Waals surface area contributed by atoms with E-state index in [1.807, 2.05) is 0 Å². The van der Waals surface area contributed by atoms with Crippen molar-refractivity contribution in [1.29, 1.82) is 0 Å². The van der Waals surface area contributed by atoms with Crippen molar-refractivity contribution in [2.45, 2.75) is 53.2 Å². The minimum absolute atomic E-state index is 0.227. The fraction of sp³-hybridized carbons (Fsp3) is 0.625. The quantitative estimate of drug-likeness (QED) is 0.836. The molecule has 1 N–H and O–H groups in total. The Morgan fingerprint density at radius 1 is 1.17 bits per heavy atom. The number of nitrogens with one attached hydrogen (secondary N) is 1. The molecule has 0 fully saturated rings. The Balaban J connectivity index is 2.93. The van der Waals surface area contributed by atoms with Crippen molar-refractivity contribution in [2.75, 3.05) is 13.7 Å². The molecule has 0 spiro atoms. The molecule has 0 heterocycles. The normalized spacial score (nSPS) is 14.6. The molecule has 2 unspecified atom stereocenters. The maximum atomic E-state index is 5.48. The third kappa shape index (κ3) is 3.82. The fourth-order valence-electron chi connectivity index (χ4n) is 2.58. The van der Waals surface area contributed by atoms with E-state index in [1.54, 1.807) is 7.11 Å². The van der Waals surface area contributed by atoms with Crippen LogP contribution in [0.4, 0.5) is 0 Å². The van der Waals surface area contributed by atoms with Gasteiger partial charge in [0.05, 0.1) is 6.10 Å². The SMILES string of the molecule is CCNC(Cc1c(C)cc(C)cc1C)C(C)OC. The summed E-state index contributed by atoms with van der Waals surface area (Å²) in [6, 6.07) is 4.91. The topological polar surface area (TPSA) is 21.3 Å². The largest absolute Gasteiger partial charge is 0.380 e. The first-order valence-electron chi connectivity index (χ1n) is 6.82. The van der Waals surface area contributed by atoms with Gasteiger partial charge in [-0.05, 0) is 57.4 Å². The fourth-order valence-corrected chi connectivity index (χ4v) is 2.58. The van der Waals surface area contributed by atoms with Crippen LogP contribution in [0.5, 0.6) is 0 Å². The molecule has 0 amide bonds. The van der Waals surface area contributed by atoms with E-state index in [9.17, 15) is 0 Å². The summed E-state index contributed by atoms with van der Waals surface area (Å²) in [7, 11) is 1.78. The van der Waals surface area contributed by atoms with Crippen LogP contribution in [0.3, 0.4) is 0 Å². The van der Waals surface area contributed by atoms with Crippen LogP contribution in [-0.4, -0.2) is 25.8 Å². The minimum atomic E-state index is 0.227. The molecule has 0 saturated carbocycles. The number of ether oxygens (including phenoxy) is 1. The Bertz CT molecular complexity index is 364. The summed E-state index contributed by atoms with van der Waals surface area (Å²) in [5.41, 5.74) is 5.57. The van der Waals surface area contributed by atoms with E-state index in [1.165, 1.54) is 22.3 Å². The first-order chi connectivity index (χ1) is 8.49. The van der Waals surface area contributed by atoms with E-state index >= 15 is 0 Å². The monoisotopic (exact) mass is 249 g/mol. The predicted octanol–water partition coefficient (Wildman–Crippen LogP) is 3.17. The molecule has 1 aromatic rings. The van der Waals surface area contributed by atoms with E-state index in [2.05, 4.69) is 52.1 Å². The van der Waals surface area contributed by atoms with Crippen LogP contribution >= 0.6 is 0 Å². The number of benzene rings is 1. The van der Waals surface area contributed by atoms with Crippen molar-refractivity contribution >= 4 is 0 Å². The van der Waals surface area contributed by atoms with Gasteiger partial charge in [0.2, 0.25) is 0 Å². The second-order valence-corrected chi connectivity index (χ2v) is 5.19. The number of aryl methyl sites for hydroxylation is 3. The summed E-state index contributed by atoms with van der Waals surface area (Å²) in [5.74, 6) is 0. The third-order valence-corrected chi connectivity index (χ3v) is 3.67. The molecule has 102 valence electrons. The maximum Gasteiger partial charge on any atom is 0.0699 e. The Morgan fingerprint density at radius 2 is 1.72 bits per heavy atom. The average Bonchev–Trinajstić information content (AvgIpc) is 2.31. The summed E-state index contributed by atoms with van der Waals surface area (Å²) in [4.78, 5) is 0. The Morgan fingerprint density at radius 3 is 2.17 bits per heavy atom. The highest BCUT2D eigenvalue weighted by Crippen LogP contribution is 2.19. The van der Waals surface area contributed by atoms with Crippen molar-refractivity contribution < 1.29 is 4.74 Å². The lowest BCUT2D eigenvalue weighted by atomic mass is 9.93. The molecule has 0 radical (unpaired) electrons. The van der Waals surface area contributed by atoms with Gasteiger partial charge >= 0.3 is 0 Å². The third-order valence-electron chi connectivity index (χ3n) is 3.67. The van der Waals surface area contributed by atoms with Crippen LogP contribution in [0.1, 0.15) is 36.1 Å². The Hall–Kier alpha value is -0.860. The molecule has 0 aliphatic heterocycles. The van der Waals surface area contributed by atoms with Gasteiger partial charge in [-0.3, -0.25) is 0 Å². The van der Waals surface area contributed by atoms with Gasteiger partial charge in [-0.1, -0.05) is 24.6 Å². The lowest BCUT2D eigenvalue weighted by Crippen LogP contribution is -2.41. The van der Waals surface area contributed by atoms with Gasteiger partial charge in [-0.2, -0.15) is 0 Å². The van der Waals surface area contributed by atoms with Crippen LogP contribution in [0.25, 0.3) is 0 Å². The highest BCUT2D eigenvalue weighted by atomic mass is 16.5. The molecule has 0 saturated heterocycles. The van der Waals surface area contributed by atoms with E-state index in [4.69, 9.17) is 4.74 Å². The standard InChI is InChI=1S/C16H27NO/c1-7-17-16(14(5)18-6)10-15-12(3)8-11(2)9-13(15)4/h8-9,14,16-17H,7,10H2,1-6H3. The van der Waals surface area contributed by atoms with Crippen LogP contribution in [0.15, 0.2) is 12.1 Å². The second kappa shape index (κ2) is 6.91. The summed E-state index contributed by atoms with van der Waals surface area (Å²) >= 11 is 0. The molecule has 1 aromatic carbocycles. The molecular weight excluding hydrogens is 222 g/mol. The highest BCUT2D eigenvalue weighted by Gasteiger charge is 2.18. The number of methoxy groups -OCH3 is 1. The molecule has 1 rings (SSSR count). The summed E-state index contributed by atoms with van der Waals surface area (Å²) < 4.78 is 5.48. The van der Waals surface area contributed by atoms with Crippen molar-refractivity contribution in [3.05, 3.63) is 34.4 Å². The molecular formula is C16H27NO. The molecule has 2 heteroatoms. The smallest absolute Gasteiger partial charge is 0.0699 e. The van der Waals surface area contributed by atoms with Crippen molar-refractivity contribution in [1.82, 2.24) is 5.32 Å². The van der Waals surface area contributed by atoms with Crippen LogP contribution < -0.4 is 5.32 Å². The van der Waals surface area contributed by atoms with Gasteiger partial charge in [0, 0.05) is 13.2 Å². The zero-order valence-corrected chi connectivity index (χ0v) is 12.6. The molecule has 0 aromatic heterocycles.